The van der Waals surface area contributed by atoms with E-state index in [0.29, 0.717) is 17.8 Å². The van der Waals surface area contributed by atoms with Crippen LogP contribution in [0.3, 0.4) is 0 Å². The fourth-order valence-electron chi connectivity index (χ4n) is 3.95. The van der Waals surface area contributed by atoms with E-state index in [0.717, 1.165) is 32.8 Å². The quantitative estimate of drug-likeness (QED) is 0.943. The highest BCUT2D eigenvalue weighted by Gasteiger charge is 2.36. The van der Waals surface area contributed by atoms with Crippen molar-refractivity contribution in [3.05, 3.63) is 53.9 Å². The van der Waals surface area contributed by atoms with Crippen molar-refractivity contribution in [3.63, 3.8) is 0 Å². The maximum Gasteiger partial charge on any atom is 0.0507 e. The number of rotatable bonds is 4. The monoisotopic (exact) mass is 297 g/mol. The van der Waals surface area contributed by atoms with Crippen LogP contribution in [0.4, 0.5) is 0 Å². The molecule has 2 aromatic rings. The van der Waals surface area contributed by atoms with Crippen molar-refractivity contribution in [2.24, 2.45) is 5.92 Å². The third-order valence-corrected chi connectivity index (χ3v) is 5.09. The zero-order valence-electron chi connectivity index (χ0n) is 12.8. The summed E-state index contributed by atoms with van der Waals surface area (Å²) in [5.74, 6) is 1.76. The number of aromatic amines is 1. The van der Waals surface area contributed by atoms with Crippen LogP contribution in [0, 0.1) is 5.92 Å². The highest BCUT2D eigenvalue weighted by molar-refractivity contribution is 5.27. The zero-order chi connectivity index (χ0) is 14.8. The Morgan fingerprint density at radius 1 is 1.14 bits per heavy atom. The molecule has 0 radical (unpaired) electrons. The predicted octanol–water partition coefficient (Wildman–Crippen LogP) is 2.63. The molecule has 0 bridgehead atoms. The van der Waals surface area contributed by atoms with Crippen molar-refractivity contribution in [1.82, 2.24) is 15.1 Å². The average Bonchev–Trinajstić information content (AvgIpc) is 3.30. The standard InChI is InChI=1S/C18H23N3O/c1-2-4-15(5-3-1)16-11-21(10-14-7-9-22-13-14)12-17(16)18-6-8-19-20-18/h1-6,8,14,16-17H,7,9-13H2,(H,19,20)/t14-,16+,17-/m1/s1. The molecule has 2 fully saturated rings. The van der Waals surface area contributed by atoms with Crippen LogP contribution in [0.25, 0.3) is 0 Å². The van der Waals surface area contributed by atoms with Crippen molar-refractivity contribution >= 4 is 0 Å². The number of benzene rings is 1. The van der Waals surface area contributed by atoms with Crippen LogP contribution in [0.2, 0.25) is 0 Å². The second kappa shape index (κ2) is 6.23. The molecule has 2 aliphatic heterocycles. The smallest absolute Gasteiger partial charge is 0.0507 e. The van der Waals surface area contributed by atoms with Crippen molar-refractivity contribution in [3.8, 4) is 0 Å². The fraction of sp³-hybridized carbons (Fsp3) is 0.500. The van der Waals surface area contributed by atoms with E-state index >= 15 is 0 Å². The summed E-state index contributed by atoms with van der Waals surface area (Å²) in [6.07, 6.45) is 3.08. The largest absolute Gasteiger partial charge is 0.381 e. The minimum Gasteiger partial charge on any atom is -0.381 e. The van der Waals surface area contributed by atoms with E-state index in [1.54, 1.807) is 0 Å². The Bertz CT molecular complexity index is 578. The lowest BCUT2D eigenvalue weighted by molar-refractivity contribution is 0.173. The van der Waals surface area contributed by atoms with E-state index in [-0.39, 0.29) is 0 Å². The molecule has 0 spiro atoms. The molecule has 4 heteroatoms. The minimum absolute atomic E-state index is 0.507. The van der Waals surface area contributed by atoms with Crippen molar-refractivity contribution in [2.75, 3.05) is 32.8 Å². The van der Waals surface area contributed by atoms with Gasteiger partial charge >= 0.3 is 0 Å². The highest BCUT2D eigenvalue weighted by atomic mass is 16.5. The van der Waals surface area contributed by atoms with Gasteiger partial charge in [-0.3, -0.25) is 5.10 Å². The number of likely N-dealkylation sites (tertiary alicyclic amines) is 1. The van der Waals surface area contributed by atoms with E-state index in [9.17, 15) is 0 Å². The van der Waals surface area contributed by atoms with E-state index in [1.165, 1.54) is 17.7 Å². The number of H-pyrrole nitrogens is 1. The number of hydrogen-bond donors (Lipinski definition) is 1. The van der Waals surface area contributed by atoms with Crippen LogP contribution in [-0.2, 0) is 4.74 Å². The molecular formula is C18H23N3O. The first kappa shape index (κ1) is 14.0. The summed E-state index contributed by atoms with van der Waals surface area (Å²) in [5.41, 5.74) is 2.70. The summed E-state index contributed by atoms with van der Waals surface area (Å²) in [6.45, 7) is 5.27. The van der Waals surface area contributed by atoms with E-state index in [4.69, 9.17) is 4.74 Å². The molecule has 22 heavy (non-hydrogen) atoms. The molecule has 3 heterocycles. The Morgan fingerprint density at radius 3 is 2.73 bits per heavy atom. The minimum atomic E-state index is 0.507. The summed E-state index contributed by atoms with van der Waals surface area (Å²) in [5, 5.41) is 7.35. The van der Waals surface area contributed by atoms with Gasteiger partial charge in [0.05, 0.1) is 6.61 Å². The van der Waals surface area contributed by atoms with Crippen LogP contribution in [-0.4, -0.2) is 47.9 Å². The van der Waals surface area contributed by atoms with Crippen LogP contribution in [0.15, 0.2) is 42.6 Å². The van der Waals surface area contributed by atoms with E-state index in [2.05, 4.69) is 51.5 Å². The number of ether oxygens (including phenoxy) is 1. The number of nitrogens with one attached hydrogen (secondary N) is 1. The molecule has 2 aliphatic rings. The lowest BCUT2D eigenvalue weighted by atomic mass is 9.87. The number of nitrogens with zero attached hydrogens (tertiary/aromatic N) is 2. The number of hydrogen-bond acceptors (Lipinski definition) is 3. The average molecular weight is 297 g/mol. The highest BCUT2D eigenvalue weighted by Crippen LogP contribution is 2.39. The third kappa shape index (κ3) is 2.81. The molecular weight excluding hydrogens is 274 g/mol. The molecule has 4 nitrogen and oxygen atoms in total. The van der Waals surface area contributed by atoms with Crippen LogP contribution < -0.4 is 0 Å². The third-order valence-electron chi connectivity index (χ3n) is 5.09. The van der Waals surface area contributed by atoms with Gasteiger partial charge in [0, 0.05) is 50.0 Å². The molecule has 0 aliphatic carbocycles. The Balaban J connectivity index is 1.54. The van der Waals surface area contributed by atoms with Crippen LogP contribution >= 0.6 is 0 Å². The first-order valence-electron chi connectivity index (χ1n) is 8.24. The van der Waals surface area contributed by atoms with Crippen molar-refractivity contribution < 1.29 is 4.74 Å². The van der Waals surface area contributed by atoms with E-state index < -0.39 is 0 Å². The summed E-state index contributed by atoms with van der Waals surface area (Å²) in [7, 11) is 0. The maximum absolute atomic E-state index is 5.54. The number of aromatic nitrogens is 2. The predicted molar refractivity (Wildman–Crippen MR) is 85.9 cm³/mol. The topological polar surface area (TPSA) is 41.1 Å². The Kier molecular flexibility index (Phi) is 3.95. The van der Waals surface area contributed by atoms with Gasteiger partial charge in [0.1, 0.15) is 0 Å². The molecule has 1 aromatic heterocycles. The summed E-state index contributed by atoms with van der Waals surface area (Å²) < 4.78 is 5.54. The second-order valence-electron chi connectivity index (χ2n) is 6.58. The first-order valence-corrected chi connectivity index (χ1v) is 8.24. The normalized spacial score (nSPS) is 29.2. The molecule has 0 unspecified atom stereocenters. The molecule has 4 rings (SSSR count). The van der Waals surface area contributed by atoms with Crippen molar-refractivity contribution in [1.29, 1.82) is 0 Å². The molecule has 1 aromatic carbocycles. The SMILES string of the molecule is c1ccc([C@@H]2CN(C[C@H]3CCOC3)C[C@H]2c2ccn[nH]2)cc1. The summed E-state index contributed by atoms with van der Waals surface area (Å²) in [6, 6.07) is 13.0. The lowest BCUT2D eigenvalue weighted by Gasteiger charge is -2.19. The Hall–Kier alpha value is -1.65. The van der Waals surface area contributed by atoms with Gasteiger partial charge in [-0.05, 0) is 24.0 Å². The van der Waals surface area contributed by atoms with E-state index in [1.807, 2.05) is 6.20 Å². The maximum atomic E-state index is 5.54. The lowest BCUT2D eigenvalue weighted by Crippen LogP contribution is -2.28. The fourth-order valence-corrected chi connectivity index (χ4v) is 3.95. The molecule has 0 saturated carbocycles. The molecule has 2 saturated heterocycles. The summed E-state index contributed by atoms with van der Waals surface area (Å²) in [4.78, 5) is 2.61. The van der Waals surface area contributed by atoms with Crippen LogP contribution in [0.5, 0.6) is 0 Å². The summed E-state index contributed by atoms with van der Waals surface area (Å²) >= 11 is 0. The van der Waals surface area contributed by atoms with Gasteiger partial charge in [-0.2, -0.15) is 5.10 Å². The van der Waals surface area contributed by atoms with Crippen LogP contribution in [0.1, 0.15) is 29.5 Å². The molecule has 0 amide bonds. The first-order chi connectivity index (χ1) is 10.9. The zero-order valence-corrected chi connectivity index (χ0v) is 12.8. The van der Waals surface area contributed by atoms with Gasteiger partial charge < -0.3 is 9.64 Å². The van der Waals surface area contributed by atoms with Gasteiger partial charge in [-0.1, -0.05) is 30.3 Å². The van der Waals surface area contributed by atoms with Gasteiger partial charge in [0.25, 0.3) is 0 Å². The molecule has 3 atom stereocenters. The second-order valence-corrected chi connectivity index (χ2v) is 6.58. The van der Waals surface area contributed by atoms with Gasteiger partial charge in [-0.15, -0.1) is 0 Å². The van der Waals surface area contributed by atoms with Crippen molar-refractivity contribution in [2.45, 2.75) is 18.3 Å². The molecule has 116 valence electrons. The van der Waals surface area contributed by atoms with Gasteiger partial charge in [-0.25, -0.2) is 0 Å². The Morgan fingerprint density at radius 2 is 2.00 bits per heavy atom. The Labute approximate surface area is 131 Å². The van der Waals surface area contributed by atoms with Gasteiger partial charge in [0.15, 0.2) is 0 Å². The van der Waals surface area contributed by atoms with Gasteiger partial charge in [0.2, 0.25) is 0 Å². The molecule has 1 N–H and O–H groups in total.